The van der Waals surface area contributed by atoms with Crippen LogP contribution in [0.15, 0.2) is 41.0 Å². The smallest absolute Gasteiger partial charge is 0.262 e. The number of aliphatic hydroxyl groups excluding tert-OH is 1. The maximum atomic E-state index is 12.3. The number of benzene rings is 1. The number of hydrogen-bond acceptors (Lipinski definition) is 4. The van der Waals surface area contributed by atoms with Crippen LogP contribution in [0.3, 0.4) is 0 Å². The first-order valence-electron chi connectivity index (χ1n) is 7.24. The average Bonchev–Trinajstić information content (AvgIpc) is 3.15. The van der Waals surface area contributed by atoms with Crippen molar-refractivity contribution in [3.63, 3.8) is 0 Å². The molecule has 1 unspecified atom stereocenters. The zero-order valence-electron chi connectivity index (χ0n) is 12.5. The SMILES string of the molecule is Cc1ccc2c(Cl)c(C(=O)NCCC(O)c3ccco3)sc2c1. The van der Waals surface area contributed by atoms with E-state index in [9.17, 15) is 9.90 Å². The molecule has 120 valence electrons. The molecule has 0 radical (unpaired) electrons. The summed E-state index contributed by atoms with van der Waals surface area (Å²) >= 11 is 7.69. The quantitative estimate of drug-likeness (QED) is 0.721. The molecule has 1 amide bonds. The molecule has 2 heterocycles. The van der Waals surface area contributed by atoms with E-state index < -0.39 is 6.10 Å². The number of hydrogen-bond donors (Lipinski definition) is 2. The topological polar surface area (TPSA) is 62.5 Å². The van der Waals surface area contributed by atoms with Gasteiger partial charge in [-0.15, -0.1) is 11.3 Å². The van der Waals surface area contributed by atoms with Gasteiger partial charge in [-0.25, -0.2) is 0 Å². The van der Waals surface area contributed by atoms with Crippen LogP contribution >= 0.6 is 22.9 Å². The minimum atomic E-state index is -0.731. The Morgan fingerprint density at radius 3 is 3.00 bits per heavy atom. The molecule has 0 aliphatic heterocycles. The first-order valence-corrected chi connectivity index (χ1v) is 8.44. The monoisotopic (exact) mass is 349 g/mol. The highest BCUT2D eigenvalue weighted by atomic mass is 35.5. The lowest BCUT2D eigenvalue weighted by Crippen LogP contribution is -2.25. The van der Waals surface area contributed by atoms with Crippen LogP contribution < -0.4 is 5.32 Å². The molecule has 0 fully saturated rings. The summed E-state index contributed by atoms with van der Waals surface area (Å²) in [5, 5.41) is 14.1. The molecule has 3 aromatic rings. The summed E-state index contributed by atoms with van der Waals surface area (Å²) in [6.45, 7) is 2.34. The second-order valence-corrected chi connectivity index (χ2v) is 6.75. The minimum Gasteiger partial charge on any atom is -0.467 e. The zero-order valence-corrected chi connectivity index (χ0v) is 14.1. The summed E-state index contributed by atoms with van der Waals surface area (Å²) in [7, 11) is 0. The maximum absolute atomic E-state index is 12.3. The Morgan fingerprint density at radius 1 is 1.43 bits per heavy atom. The summed E-state index contributed by atoms with van der Waals surface area (Å²) in [4.78, 5) is 12.8. The van der Waals surface area contributed by atoms with Crippen molar-refractivity contribution in [2.24, 2.45) is 0 Å². The fraction of sp³-hybridized carbons (Fsp3) is 0.235. The fourth-order valence-electron chi connectivity index (χ4n) is 2.34. The highest BCUT2D eigenvalue weighted by Gasteiger charge is 2.17. The third-order valence-corrected chi connectivity index (χ3v) is 5.22. The number of halogens is 1. The second kappa shape index (κ2) is 6.74. The Labute approximate surface area is 142 Å². The number of rotatable bonds is 5. The standard InChI is InChI=1S/C17H16ClNO3S/c1-10-4-5-11-14(9-10)23-16(15(11)18)17(21)19-7-6-12(20)13-3-2-8-22-13/h2-5,8-9,12,20H,6-7H2,1H3,(H,19,21). The molecule has 0 aliphatic rings. The van der Waals surface area contributed by atoms with Gasteiger partial charge in [0.2, 0.25) is 0 Å². The van der Waals surface area contributed by atoms with E-state index >= 15 is 0 Å². The van der Waals surface area contributed by atoms with Gasteiger partial charge >= 0.3 is 0 Å². The molecule has 0 bridgehead atoms. The number of aliphatic hydroxyl groups is 1. The summed E-state index contributed by atoms with van der Waals surface area (Å²) in [6, 6.07) is 9.35. The molecule has 23 heavy (non-hydrogen) atoms. The zero-order chi connectivity index (χ0) is 16.4. The van der Waals surface area contributed by atoms with E-state index in [1.807, 2.05) is 25.1 Å². The van der Waals surface area contributed by atoms with Crippen LogP contribution in [0.5, 0.6) is 0 Å². The van der Waals surface area contributed by atoms with Crippen molar-refractivity contribution in [3.05, 3.63) is 57.8 Å². The van der Waals surface area contributed by atoms with Gasteiger partial charge in [0.25, 0.3) is 5.91 Å². The van der Waals surface area contributed by atoms with E-state index in [0.29, 0.717) is 28.6 Å². The van der Waals surface area contributed by atoms with Crippen molar-refractivity contribution in [3.8, 4) is 0 Å². The number of thiophene rings is 1. The summed E-state index contributed by atoms with van der Waals surface area (Å²) in [5.41, 5.74) is 1.13. The molecule has 2 N–H and O–H groups in total. The van der Waals surface area contributed by atoms with Crippen LogP contribution in [0.2, 0.25) is 5.02 Å². The molecule has 0 saturated carbocycles. The Hall–Kier alpha value is -1.82. The Morgan fingerprint density at radius 2 is 2.26 bits per heavy atom. The van der Waals surface area contributed by atoms with Gasteiger partial charge in [0.15, 0.2) is 0 Å². The van der Waals surface area contributed by atoms with Crippen molar-refractivity contribution in [2.75, 3.05) is 6.54 Å². The Bertz CT molecular complexity index is 826. The third kappa shape index (κ3) is 3.42. The molecule has 4 nitrogen and oxygen atoms in total. The molecule has 1 atom stereocenters. The van der Waals surface area contributed by atoms with Crippen molar-refractivity contribution in [2.45, 2.75) is 19.4 Å². The lowest BCUT2D eigenvalue weighted by molar-refractivity contribution is 0.0940. The number of nitrogens with one attached hydrogen (secondary N) is 1. The molecule has 1 aromatic carbocycles. The number of aryl methyl sites for hydroxylation is 1. The predicted molar refractivity (Wildman–Crippen MR) is 92.2 cm³/mol. The van der Waals surface area contributed by atoms with E-state index in [1.165, 1.54) is 17.6 Å². The number of carbonyl (C=O) groups is 1. The van der Waals surface area contributed by atoms with E-state index in [2.05, 4.69) is 5.32 Å². The van der Waals surface area contributed by atoms with Crippen LogP contribution in [0.4, 0.5) is 0 Å². The lowest BCUT2D eigenvalue weighted by Gasteiger charge is -2.08. The Kier molecular flexibility index (Phi) is 4.71. The van der Waals surface area contributed by atoms with Crippen molar-refractivity contribution >= 4 is 38.9 Å². The van der Waals surface area contributed by atoms with Crippen molar-refractivity contribution in [1.29, 1.82) is 0 Å². The number of furan rings is 1. The molecule has 0 spiro atoms. The Balaban J connectivity index is 1.65. The average molecular weight is 350 g/mol. The maximum Gasteiger partial charge on any atom is 0.262 e. The molecule has 3 rings (SSSR count). The summed E-state index contributed by atoms with van der Waals surface area (Å²) < 4.78 is 6.12. The fourth-order valence-corrected chi connectivity index (χ4v) is 3.88. The van der Waals surface area contributed by atoms with E-state index in [-0.39, 0.29) is 5.91 Å². The number of carbonyl (C=O) groups excluding carboxylic acids is 1. The van der Waals surface area contributed by atoms with Crippen LogP contribution in [0, 0.1) is 6.92 Å². The van der Waals surface area contributed by atoms with Gasteiger partial charge in [-0.3, -0.25) is 4.79 Å². The van der Waals surface area contributed by atoms with Gasteiger partial charge in [-0.2, -0.15) is 0 Å². The minimum absolute atomic E-state index is 0.222. The first-order chi connectivity index (χ1) is 11.1. The van der Waals surface area contributed by atoms with Gasteiger partial charge in [0.1, 0.15) is 16.7 Å². The van der Waals surface area contributed by atoms with E-state index in [1.54, 1.807) is 12.1 Å². The molecule has 0 saturated heterocycles. The van der Waals surface area contributed by atoms with Crippen LogP contribution in [0.25, 0.3) is 10.1 Å². The largest absolute Gasteiger partial charge is 0.467 e. The van der Waals surface area contributed by atoms with Gasteiger partial charge < -0.3 is 14.8 Å². The lowest BCUT2D eigenvalue weighted by atomic mass is 10.2. The van der Waals surface area contributed by atoms with Crippen molar-refractivity contribution in [1.82, 2.24) is 5.32 Å². The highest BCUT2D eigenvalue weighted by molar-refractivity contribution is 7.21. The van der Waals surface area contributed by atoms with Crippen LogP contribution in [-0.4, -0.2) is 17.6 Å². The highest BCUT2D eigenvalue weighted by Crippen LogP contribution is 2.35. The van der Waals surface area contributed by atoms with Gasteiger partial charge in [-0.1, -0.05) is 23.7 Å². The van der Waals surface area contributed by atoms with Gasteiger partial charge in [0, 0.05) is 16.6 Å². The number of amides is 1. The summed E-state index contributed by atoms with van der Waals surface area (Å²) in [6.07, 6.45) is 1.16. The van der Waals surface area contributed by atoms with Crippen molar-refractivity contribution < 1.29 is 14.3 Å². The van der Waals surface area contributed by atoms with Crippen LogP contribution in [0.1, 0.15) is 33.5 Å². The summed E-state index contributed by atoms with van der Waals surface area (Å²) in [5.74, 6) is 0.273. The van der Waals surface area contributed by atoms with E-state index in [4.69, 9.17) is 16.0 Å². The molecule has 2 aromatic heterocycles. The van der Waals surface area contributed by atoms with Gasteiger partial charge in [-0.05, 0) is 37.1 Å². The van der Waals surface area contributed by atoms with E-state index in [0.717, 1.165) is 15.6 Å². The number of fused-ring (bicyclic) bond motifs is 1. The molecular weight excluding hydrogens is 334 g/mol. The molecule has 0 aliphatic carbocycles. The molecule has 6 heteroatoms. The predicted octanol–water partition coefficient (Wildman–Crippen LogP) is 4.31. The normalized spacial score (nSPS) is 12.5. The van der Waals surface area contributed by atoms with Crippen LogP contribution in [-0.2, 0) is 0 Å². The second-order valence-electron chi connectivity index (χ2n) is 5.32. The third-order valence-electron chi connectivity index (χ3n) is 3.57. The van der Waals surface area contributed by atoms with Gasteiger partial charge in [0.05, 0.1) is 11.3 Å². The first kappa shape index (κ1) is 16.1. The molecular formula is C17H16ClNO3S.